The van der Waals surface area contributed by atoms with E-state index < -0.39 is 19.0 Å². The third kappa shape index (κ3) is 4.32. The number of hydrogen-bond donors (Lipinski definition) is 2. The fourth-order valence-corrected chi connectivity index (χ4v) is 1.85. The highest BCUT2D eigenvalue weighted by Crippen LogP contribution is 2.26. The largest absolute Gasteiger partial charge is 0.497 e. The van der Waals surface area contributed by atoms with Crippen LogP contribution in [0.25, 0.3) is 0 Å². The maximum atomic E-state index is 12.2. The van der Waals surface area contributed by atoms with Gasteiger partial charge in [-0.3, -0.25) is 4.68 Å². The fraction of sp³-hybridized carbons (Fsp3) is 0.231. The first-order valence-corrected chi connectivity index (χ1v) is 6.58. The second kappa shape index (κ2) is 7.08. The van der Waals surface area contributed by atoms with Crippen molar-refractivity contribution in [3.8, 4) is 5.75 Å². The lowest BCUT2D eigenvalue weighted by Gasteiger charge is -2.09. The lowest BCUT2D eigenvalue weighted by Crippen LogP contribution is -2.19. The van der Waals surface area contributed by atoms with Gasteiger partial charge in [0, 0.05) is 12.3 Å². The van der Waals surface area contributed by atoms with E-state index in [0.29, 0.717) is 16.5 Å². The molecule has 1 heterocycles. The molecule has 2 amide bonds. The smallest absolute Gasteiger partial charge is 0.323 e. The number of benzene rings is 1. The lowest BCUT2D eigenvalue weighted by molar-refractivity contribution is 0.122. The van der Waals surface area contributed by atoms with Gasteiger partial charge in [0.15, 0.2) is 0 Å². The third-order valence-corrected chi connectivity index (χ3v) is 2.97. The summed E-state index contributed by atoms with van der Waals surface area (Å²) in [7, 11) is 1.49. The molecule has 0 radical (unpaired) electrons. The summed E-state index contributed by atoms with van der Waals surface area (Å²) in [5.41, 5.74) is 0.649. The molecule has 2 rings (SSSR count). The Morgan fingerprint density at radius 3 is 2.91 bits per heavy atom. The highest BCUT2D eigenvalue weighted by atomic mass is 35.5. The zero-order valence-electron chi connectivity index (χ0n) is 11.5. The van der Waals surface area contributed by atoms with Gasteiger partial charge in [-0.2, -0.15) is 5.10 Å². The molecule has 0 unspecified atom stereocenters. The van der Waals surface area contributed by atoms with Crippen LogP contribution in [-0.4, -0.2) is 29.3 Å². The summed E-state index contributed by atoms with van der Waals surface area (Å²) in [6.45, 7) is -0.537. The van der Waals surface area contributed by atoms with Crippen molar-refractivity contribution in [1.29, 1.82) is 0 Å². The minimum atomic E-state index is -2.52. The van der Waals surface area contributed by atoms with E-state index >= 15 is 0 Å². The van der Waals surface area contributed by atoms with Crippen LogP contribution in [0.5, 0.6) is 5.75 Å². The van der Waals surface area contributed by atoms with E-state index in [9.17, 15) is 13.6 Å². The number of urea groups is 1. The first kappa shape index (κ1) is 16.0. The molecule has 2 aromatic rings. The van der Waals surface area contributed by atoms with Crippen molar-refractivity contribution >= 4 is 29.0 Å². The Morgan fingerprint density at radius 1 is 1.45 bits per heavy atom. The number of nitrogens with one attached hydrogen (secondary N) is 2. The average Bonchev–Trinajstić information content (AvgIpc) is 2.87. The van der Waals surface area contributed by atoms with Crippen LogP contribution in [0.2, 0.25) is 5.02 Å². The van der Waals surface area contributed by atoms with Crippen LogP contribution in [0, 0.1) is 0 Å². The Morgan fingerprint density at radius 2 is 2.23 bits per heavy atom. The molecule has 9 heteroatoms. The molecular weight excluding hydrogens is 318 g/mol. The standard InChI is InChI=1S/C13H13ClF2N4O2/c1-22-9-2-3-10(14)11(4-9)19-13(21)18-8-5-17-20(6-8)7-12(15)16/h2-6,12H,7H2,1H3,(H2,18,19,21). The summed E-state index contributed by atoms with van der Waals surface area (Å²) in [5, 5.41) is 9.05. The van der Waals surface area contributed by atoms with E-state index in [0.717, 1.165) is 4.68 Å². The Bertz CT molecular complexity index is 663. The van der Waals surface area contributed by atoms with Crippen molar-refractivity contribution in [3.63, 3.8) is 0 Å². The zero-order chi connectivity index (χ0) is 16.1. The average molecular weight is 331 g/mol. The van der Waals surface area contributed by atoms with E-state index in [2.05, 4.69) is 15.7 Å². The minimum absolute atomic E-state index is 0.289. The molecule has 0 fully saturated rings. The number of carbonyl (C=O) groups excluding carboxylic acids is 1. The van der Waals surface area contributed by atoms with Crippen molar-refractivity contribution in [1.82, 2.24) is 9.78 Å². The lowest BCUT2D eigenvalue weighted by atomic mass is 10.3. The summed E-state index contributed by atoms with van der Waals surface area (Å²) < 4.78 is 30.5. The second-order valence-corrected chi connectivity index (χ2v) is 4.67. The van der Waals surface area contributed by atoms with E-state index in [4.69, 9.17) is 16.3 Å². The van der Waals surface area contributed by atoms with Gasteiger partial charge in [0.05, 0.1) is 29.7 Å². The van der Waals surface area contributed by atoms with Crippen molar-refractivity contribution in [2.24, 2.45) is 0 Å². The number of hydrogen-bond acceptors (Lipinski definition) is 3. The van der Waals surface area contributed by atoms with Crippen molar-refractivity contribution in [3.05, 3.63) is 35.6 Å². The van der Waals surface area contributed by atoms with E-state index in [1.54, 1.807) is 18.2 Å². The van der Waals surface area contributed by atoms with E-state index in [1.165, 1.54) is 19.5 Å². The number of methoxy groups -OCH3 is 1. The number of carbonyl (C=O) groups is 1. The van der Waals surface area contributed by atoms with Crippen LogP contribution in [0.4, 0.5) is 25.0 Å². The quantitative estimate of drug-likeness (QED) is 0.882. The van der Waals surface area contributed by atoms with Crippen LogP contribution in [-0.2, 0) is 6.54 Å². The first-order valence-electron chi connectivity index (χ1n) is 6.20. The highest BCUT2D eigenvalue weighted by molar-refractivity contribution is 6.33. The molecule has 0 bridgehead atoms. The van der Waals surface area contributed by atoms with Gasteiger partial charge in [-0.05, 0) is 12.1 Å². The molecule has 0 aliphatic carbocycles. The summed E-state index contributed by atoms with van der Waals surface area (Å²) in [4.78, 5) is 11.9. The van der Waals surface area contributed by atoms with Gasteiger partial charge in [-0.15, -0.1) is 0 Å². The zero-order valence-corrected chi connectivity index (χ0v) is 12.3. The minimum Gasteiger partial charge on any atom is -0.497 e. The molecule has 1 aromatic heterocycles. The van der Waals surface area contributed by atoms with Crippen LogP contribution in [0.3, 0.4) is 0 Å². The molecule has 6 nitrogen and oxygen atoms in total. The van der Waals surface area contributed by atoms with Crippen molar-refractivity contribution in [2.75, 3.05) is 17.7 Å². The van der Waals surface area contributed by atoms with Crippen molar-refractivity contribution < 1.29 is 18.3 Å². The van der Waals surface area contributed by atoms with Crippen molar-refractivity contribution in [2.45, 2.75) is 13.0 Å². The molecule has 0 spiro atoms. The molecule has 118 valence electrons. The molecule has 0 saturated heterocycles. The van der Waals surface area contributed by atoms with Gasteiger partial charge in [0.1, 0.15) is 12.3 Å². The number of anilines is 2. The highest BCUT2D eigenvalue weighted by Gasteiger charge is 2.10. The molecule has 0 aliphatic rings. The van der Waals surface area contributed by atoms with Crippen LogP contribution in [0.15, 0.2) is 30.6 Å². The van der Waals surface area contributed by atoms with Crippen LogP contribution < -0.4 is 15.4 Å². The van der Waals surface area contributed by atoms with Gasteiger partial charge in [0.25, 0.3) is 6.43 Å². The molecule has 0 saturated carbocycles. The topological polar surface area (TPSA) is 68.2 Å². The molecule has 22 heavy (non-hydrogen) atoms. The number of amides is 2. The maximum absolute atomic E-state index is 12.2. The molecule has 0 aliphatic heterocycles. The maximum Gasteiger partial charge on any atom is 0.323 e. The number of aromatic nitrogens is 2. The second-order valence-electron chi connectivity index (χ2n) is 4.27. The van der Waals surface area contributed by atoms with Crippen LogP contribution in [0.1, 0.15) is 0 Å². The van der Waals surface area contributed by atoms with Gasteiger partial charge >= 0.3 is 6.03 Å². The fourth-order valence-electron chi connectivity index (χ4n) is 1.68. The molecule has 1 aromatic carbocycles. The Balaban J connectivity index is 1.99. The summed E-state index contributed by atoms with van der Waals surface area (Å²) in [6, 6.07) is 4.21. The molecule has 2 N–H and O–H groups in total. The molecule has 0 atom stereocenters. The Hall–Kier alpha value is -2.35. The Kier molecular flexibility index (Phi) is 5.16. The van der Waals surface area contributed by atoms with E-state index in [-0.39, 0.29) is 5.69 Å². The SMILES string of the molecule is COc1ccc(Cl)c(NC(=O)Nc2cnn(CC(F)F)c2)c1. The molecular formula is C13H13ClF2N4O2. The number of alkyl halides is 2. The monoisotopic (exact) mass is 330 g/mol. The van der Waals surface area contributed by atoms with Gasteiger partial charge in [-0.1, -0.05) is 11.6 Å². The predicted molar refractivity (Wildman–Crippen MR) is 78.9 cm³/mol. The third-order valence-electron chi connectivity index (χ3n) is 2.64. The number of halogens is 3. The summed E-state index contributed by atoms with van der Waals surface area (Å²) >= 11 is 5.96. The predicted octanol–water partition coefficient (Wildman–Crippen LogP) is 3.45. The summed E-state index contributed by atoms with van der Waals surface area (Å²) in [5.74, 6) is 0.532. The first-order chi connectivity index (χ1) is 10.5. The van der Waals surface area contributed by atoms with Crippen LogP contribution >= 0.6 is 11.6 Å². The van der Waals surface area contributed by atoms with Gasteiger partial charge < -0.3 is 15.4 Å². The van der Waals surface area contributed by atoms with E-state index in [1.807, 2.05) is 0 Å². The number of ether oxygens (including phenoxy) is 1. The summed E-state index contributed by atoms with van der Waals surface area (Å²) in [6.07, 6.45) is 0.0609. The normalized spacial score (nSPS) is 10.6. The Labute approximate surface area is 130 Å². The van der Waals surface area contributed by atoms with Gasteiger partial charge in [0.2, 0.25) is 0 Å². The van der Waals surface area contributed by atoms with Gasteiger partial charge in [-0.25, -0.2) is 13.6 Å². The number of nitrogens with zero attached hydrogens (tertiary/aromatic N) is 2. The number of rotatable bonds is 5.